The summed E-state index contributed by atoms with van der Waals surface area (Å²) in [6.45, 7) is 0. The molecule has 1 N–H and O–H groups in total. The molecule has 5 heteroatoms. The second-order valence-electron chi connectivity index (χ2n) is 3.78. The van der Waals surface area contributed by atoms with Crippen molar-refractivity contribution in [2.75, 3.05) is 0 Å². The molecule has 0 saturated carbocycles. The molecule has 0 fully saturated rings. The SMILES string of the molecule is O=c1oc2c(-c3ccc(Cl)cc3)cc(O)cc2s1. The van der Waals surface area contributed by atoms with Gasteiger partial charge in [-0.15, -0.1) is 0 Å². The fourth-order valence-corrected chi connectivity index (χ4v) is 2.66. The predicted octanol–water partition coefficient (Wildman–Crippen LogP) is 3.88. The van der Waals surface area contributed by atoms with Gasteiger partial charge in [-0.05, 0) is 23.8 Å². The summed E-state index contributed by atoms with van der Waals surface area (Å²) in [4.78, 5) is 10.9. The predicted molar refractivity (Wildman–Crippen MR) is 72.5 cm³/mol. The van der Waals surface area contributed by atoms with E-state index >= 15 is 0 Å². The normalized spacial score (nSPS) is 10.9. The second kappa shape index (κ2) is 4.15. The van der Waals surface area contributed by atoms with Crippen molar-refractivity contribution in [1.82, 2.24) is 0 Å². The Labute approximate surface area is 111 Å². The van der Waals surface area contributed by atoms with E-state index in [0.29, 0.717) is 20.9 Å². The lowest BCUT2D eigenvalue weighted by atomic mass is 10.0. The van der Waals surface area contributed by atoms with Gasteiger partial charge in [-0.1, -0.05) is 35.1 Å². The van der Waals surface area contributed by atoms with Crippen LogP contribution in [0.5, 0.6) is 5.75 Å². The number of fused-ring (bicyclic) bond motifs is 1. The monoisotopic (exact) mass is 278 g/mol. The van der Waals surface area contributed by atoms with Gasteiger partial charge in [-0.2, -0.15) is 0 Å². The van der Waals surface area contributed by atoms with Crippen molar-refractivity contribution >= 4 is 33.2 Å². The number of benzene rings is 2. The fraction of sp³-hybridized carbons (Fsp3) is 0. The Hall–Kier alpha value is -1.78. The van der Waals surface area contributed by atoms with E-state index in [1.165, 1.54) is 6.07 Å². The quantitative estimate of drug-likeness (QED) is 0.735. The highest BCUT2D eigenvalue weighted by Gasteiger charge is 2.11. The molecule has 0 unspecified atom stereocenters. The van der Waals surface area contributed by atoms with Crippen LogP contribution in [0.2, 0.25) is 5.02 Å². The number of hydrogen-bond acceptors (Lipinski definition) is 4. The summed E-state index contributed by atoms with van der Waals surface area (Å²) in [5.41, 5.74) is 2.01. The van der Waals surface area contributed by atoms with Gasteiger partial charge < -0.3 is 9.52 Å². The minimum absolute atomic E-state index is 0.101. The van der Waals surface area contributed by atoms with Gasteiger partial charge in [0.25, 0.3) is 0 Å². The number of rotatable bonds is 1. The fourth-order valence-electron chi connectivity index (χ4n) is 1.81. The van der Waals surface area contributed by atoms with Gasteiger partial charge in [0.2, 0.25) is 0 Å². The van der Waals surface area contributed by atoms with Crippen LogP contribution in [0, 0.1) is 0 Å². The van der Waals surface area contributed by atoms with E-state index in [1.807, 2.05) is 12.1 Å². The summed E-state index contributed by atoms with van der Waals surface area (Å²) in [5.74, 6) is 0.101. The summed E-state index contributed by atoms with van der Waals surface area (Å²) in [6.07, 6.45) is 0. The molecule has 2 aromatic carbocycles. The summed E-state index contributed by atoms with van der Waals surface area (Å²) in [5, 5.41) is 10.3. The van der Waals surface area contributed by atoms with Gasteiger partial charge in [0.15, 0.2) is 5.58 Å². The molecular formula is C13H7ClO3S. The molecule has 0 atom stereocenters. The number of phenols is 1. The highest BCUT2D eigenvalue weighted by Crippen LogP contribution is 2.34. The molecule has 18 heavy (non-hydrogen) atoms. The molecule has 3 nitrogen and oxygen atoms in total. The molecule has 0 radical (unpaired) electrons. The van der Waals surface area contributed by atoms with Crippen LogP contribution in [0.3, 0.4) is 0 Å². The summed E-state index contributed by atoms with van der Waals surface area (Å²) < 4.78 is 5.79. The molecule has 3 rings (SSSR count). The molecule has 0 aliphatic rings. The van der Waals surface area contributed by atoms with Crippen molar-refractivity contribution < 1.29 is 9.52 Å². The van der Waals surface area contributed by atoms with Crippen LogP contribution in [0.15, 0.2) is 45.6 Å². The van der Waals surface area contributed by atoms with Crippen LogP contribution < -0.4 is 4.94 Å². The third-order valence-electron chi connectivity index (χ3n) is 2.57. The Balaban J connectivity index is 2.33. The lowest BCUT2D eigenvalue weighted by Gasteiger charge is -2.03. The van der Waals surface area contributed by atoms with E-state index in [4.69, 9.17) is 16.0 Å². The van der Waals surface area contributed by atoms with Crippen molar-refractivity contribution in [3.05, 3.63) is 51.2 Å². The molecular weight excluding hydrogens is 272 g/mol. The van der Waals surface area contributed by atoms with Crippen LogP contribution in [-0.2, 0) is 0 Å². The van der Waals surface area contributed by atoms with E-state index in [2.05, 4.69) is 0 Å². The summed E-state index contributed by atoms with van der Waals surface area (Å²) in [7, 11) is 0. The van der Waals surface area contributed by atoms with Crippen molar-refractivity contribution in [3.8, 4) is 16.9 Å². The smallest absolute Gasteiger partial charge is 0.396 e. The first kappa shape index (κ1) is 11.3. The maximum Gasteiger partial charge on any atom is 0.396 e. The third-order valence-corrected chi connectivity index (χ3v) is 3.60. The van der Waals surface area contributed by atoms with Gasteiger partial charge in [0.05, 0.1) is 4.70 Å². The summed E-state index contributed by atoms with van der Waals surface area (Å²) >= 11 is 6.80. The van der Waals surface area contributed by atoms with Gasteiger partial charge in [0, 0.05) is 16.7 Å². The standard InChI is InChI=1S/C13H7ClO3S/c14-8-3-1-7(2-4-8)10-5-9(15)6-11-12(10)17-13(16)18-11/h1-6,15H. The average Bonchev–Trinajstić information content (AvgIpc) is 2.69. The van der Waals surface area contributed by atoms with Crippen LogP contribution in [-0.4, -0.2) is 5.11 Å². The first-order valence-corrected chi connectivity index (χ1v) is 6.35. The Kier molecular flexibility index (Phi) is 2.61. The van der Waals surface area contributed by atoms with Crippen molar-refractivity contribution in [1.29, 1.82) is 0 Å². The lowest BCUT2D eigenvalue weighted by molar-refractivity contribution is 0.476. The van der Waals surface area contributed by atoms with Crippen LogP contribution in [0.4, 0.5) is 0 Å². The van der Waals surface area contributed by atoms with Gasteiger partial charge in [0.1, 0.15) is 5.75 Å². The first-order valence-electron chi connectivity index (χ1n) is 5.16. The van der Waals surface area contributed by atoms with Gasteiger partial charge in [-0.3, -0.25) is 0 Å². The van der Waals surface area contributed by atoms with E-state index in [1.54, 1.807) is 18.2 Å². The Morgan fingerprint density at radius 2 is 1.89 bits per heavy atom. The molecule has 3 aromatic rings. The van der Waals surface area contributed by atoms with E-state index in [9.17, 15) is 9.90 Å². The van der Waals surface area contributed by atoms with Gasteiger partial charge in [-0.25, -0.2) is 4.79 Å². The molecule has 0 saturated heterocycles. The van der Waals surface area contributed by atoms with E-state index < -0.39 is 0 Å². The zero-order valence-electron chi connectivity index (χ0n) is 9.01. The Morgan fingerprint density at radius 1 is 1.17 bits per heavy atom. The molecule has 0 spiro atoms. The minimum atomic E-state index is -0.384. The molecule has 0 aliphatic heterocycles. The zero-order chi connectivity index (χ0) is 12.7. The maximum atomic E-state index is 11.3. The first-order chi connectivity index (χ1) is 8.63. The van der Waals surface area contributed by atoms with Crippen molar-refractivity contribution in [2.24, 2.45) is 0 Å². The largest absolute Gasteiger partial charge is 0.508 e. The zero-order valence-corrected chi connectivity index (χ0v) is 10.6. The Bertz CT molecular complexity index is 771. The number of aromatic hydroxyl groups is 1. The van der Waals surface area contributed by atoms with Crippen LogP contribution in [0.25, 0.3) is 21.4 Å². The number of halogens is 1. The second-order valence-corrected chi connectivity index (χ2v) is 5.20. The molecule has 0 bridgehead atoms. The highest BCUT2D eigenvalue weighted by molar-refractivity contribution is 7.16. The lowest BCUT2D eigenvalue weighted by Crippen LogP contribution is -1.82. The molecule has 1 heterocycles. The van der Waals surface area contributed by atoms with Crippen molar-refractivity contribution in [3.63, 3.8) is 0 Å². The molecule has 0 amide bonds. The third kappa shape index (κ3) is 1.89. The minimum Gasteiger partial charge on any atom is -0.508 e. The Morgan fingerprint density at radius 3 is 2.61 bits per heavy atom. The highest BCUT2D eigenvalue weighted by atomic mass is 35.5. The van der Waals surface area contributed by atoms with Crippen molar-refractivity contribution in [2.45, 2.75) is 0 Å². The van der Waals surface area contributed by atoms with E-state index in [-0.39, 0.29) is 10.7 Å². The topological polar surface area (TPSA) is 50.4 Å². The molecule has 0 aliphatic carbocycles. The molecule has 1 aromatic heterocycles. The van der Waals surface area contributed by atoms with Crippen LogP contribution in [0.1, 0.15) is 0 Å². The number of hydrogen-bond donors (Lipinski definition) is 1. The van der Waals surface area contributed by atoms with Crippen LogP contribution >= 0.6 is 22.9 Å². The van der Waals surface area contributed by atoms with E-state index in [0.717, 1.165) is 16.9 Å². The summed E-state index contributed by atoms with van der Waals surface area (Å²) in [6, 6.07) is 10.2. The number of phenolic OH excluding ortho intramolecular Hbond substituents is 1. The maximum absolute atomic E-state index is 11.3. The molecule has 90 valence electrons. The van der Waals surface area contributed by atoms with Gasteiger partial charge >= 0.3 is 4.94 Å². The average molecular weight is 279 g/mol.